The topological polar surface area (TPSA) is 31.4 Å². The van der Waals surface area contributed by atoms with Crippen molar-refractivity contribution in [2.45, 2.75) is 57.7 Å². The summed E-state index contributed by atoms with van der Waals surface area (Å²) in [7, 11) is -0.380. The van der Waals surface area contributed by atoms with Crippen molar-refractivity contribution in [1.29, 1.82) is 0 Å². The fourth-order valence-corrected chi connectivity index (χ4v) is 2.90. The van der Waals surface area contributed by atoms with Gasteiger partial charge in [0.05, 0.1) is 16.8 Å². The summed E-state index contributed by atoms with van der Waals surface area (Å²) in [4.78, 5) is 4.53. The minimum Gasteiger partial charge on any atom is -0.398 e. The van der Waals surface area contributed by atoms with Crippen LogP contribution in [0.15, 0.2) is 16.7 Å². The van der Waals surface area contributed by atoms with Crippen LogP contribution in [-0.2, 0) is 9.31 Å². The molecule has 0 atom stereocenters. The Morgan fingerprint density at radius 1 is 1.21 bits per heavy atom. The van der Waals surface area contributed by atoms with Crippen LogP contribution < -0.4 is 5.59 Å². The maximum atomic E-state index is 6.02. The van der Waals surface area contributed by atoms with Crippen molar-refractivity contribution in [2.24, 2.45) is 0 Å². The van der Waals surface area contributed by atoms with Crippen LogP contribution in [0.3, 0.4) is 0 Å². The van der Waals surface area contributed by atoms with Crippen LogP contribution in [0.25, 0.3) is 0 Å². The van der Waals surface area contributed by atoms with E-state index >= 15 is 0 Å². The highest BCUT2D eigenvalue weighted by Gasteiger charge is 2.52. The summed E-state index contributed by atoms with van der Waals surface area (Å²) in [5, 5.41) is 0. The fraction of sp³-hybridized carbons (Fsp3) is 0.643. The Kier molecular flexibility index (Phi) is 3.08. The monoisotopic (exact) mass is 323 g/mol. The zero-order valence-corrected chi connectivity index (χ0v) is 13.5. The van der Waals surface area contributed by atoms with Gasteiger partial charge >= 0.3 is 7.12 Å². The first-order chi connectivity index (χ1) is 8.80. The predicted molar refractivity (Wildman–Crippen MR) is 79.6 cm³/mol. The van der Waals surface area contributed by atoms with Crippen molar-refractivity contribution in [3.63, 3.8) is 0 Å². The van der Waals surface area contributed by atoms with Crippen molar-refractivity contribution in [3.05, 3.63) is 22.3 Å². The van der Waals surface area contributed by atoms with Gasteiger partial charge in [-0.25, -0.2) is 0 Å². The van der Waals surface area contributed by atoms with E-state index in [4.69, 9.17) is 9.31 Å². The summed E-state index contributed by atoms with van der Waals surface area (Å²) < 4.78 is 13.2. The number of pyridine rings is 1. The molecule has 2 fully saturated rings. The van der Waals surface area contributed by atoms with Crippen molar-refractivity contribution >= 4 is 28.6 Å². The molecule has 0 aromatic carbocycles. The first kappa shape index (κ1) is 13.6. The highest BCUT2D eigenvalue weighted by atomic mass is 79.9. The summed E-state index contributed by atoms with van der Waals surface area (Å²) >= 11 is 3.64. The molecule has 0 spiro atoms. The number of hydrogen-bond donors (Lipinski definition) is 0. The molecular weight excluding hydrogens is 305 g/mol. The standard InChI is InChI=1S/C14H19BBrNO2/c1-13(2)14(3,4)19-15(18-13)12-7-11(16)10(8-17-12)9-5-6-9/h7-9H,5-6H2,1-4H3. The summed E-state index contributed by atoms with van der Waals surface area (Å²) in [5.74, 6) is 0.689. The number of halogens is 1. The Morgan fingerprint density at radius 2 is 1.79 bits per heavy atom. The number of aromatic nitrogens is 1. The van der Waals surface area contributed by atoms with Gasteiger partial charge < -0.3 is 9.31 Å². The summed E-state index contributed by atoms with van der Waals surface area (Å²) in [6.45, 7) is 8.22. The van der Waals surface area contributed by atoms with Gasteiger partial charge in [-0.2, -0.15) is 0 Å². The highest BCUT2D eigenvalue weighted by molar-refractivity contribution is 9.10. The van der Waals surface area contributed by atoms with E-state index in [9.17, 15) is 0 Å². The summed E-state index contributed by atoms with van der Waals surface area (Å²) in [6.07, 6.45) is 4.51. The van der Waals surface area contributed by atoms with Crippen LogP contribution in [0, 0.1) is 0 Å². The second-order valence-corrected chi connectivity index (χ2v) is 7.35. The molecule has 0 amide bonds. The molecule has 1 aromatic rings. The van der Waals surface area contributed by atoms with Crippen LogP contribution in [0.4, 0.5) is 0 Å². The van der Waals surface area contributed by atoms with E-state index in [2.05, 4.69) is 48.6 Å². The third-order valence-electron chi connectivity index (χ3n) is 4.42. The predicted octanol–water partition coefficient (Wildman–Crippen LogP) is 3.02. The smallest absolute Gasteiger partial charge is 0.398 e. The number of rotatable bonds is 2. The van der Waals surface area contributed by atoms with Crippen molar-refractivity contribution in [3.8, 4) is 0 Å². The Hall–Kier alpha value is -0.385. The van der Waals surface area contributed by atoms with Crippen molar-refractivity contribution in [2.75, 3.05) is 0 Å². The number of nitrogens with zero attached hydrogens (tertiary/aromatic N) is 1. The van der Waals surface area contributed by atoms with Crippen LogP contribution >= 0.6 is 15.9 Å². The molecule has 102 valence electrons. The van der Waals surface area contributed by atoms with E-state index in [1.165, 1.54) is 18.4 Å². The minimum atomic E-state index is -0.380. The fourth-order valence-electron chi connectivity index (χ4n) is 2.24. The van der Waals surface area contributed by atoms with Gasteiger partial charge in [-0.15, -0.1) is 0 Å². The van der Waals surface area contributed by atoms with Crippen LogP contribution in [0.2, 0.25) is 0 Å². The third-order valence-corrected chi connectivity index (χ3v) is 5.10. The molecule has 0 radical (unpaired) electrons. The van der Waals surface area contributed by atoms with Gasteiger partial charge in [0, 0.05) is 10.7 Å². The van der Waals surface area contributed by atoms with Crippen molar-refractivity contribution < 1.29 is 9.31 Å². The molecule has 3 nitrogen and oxygen atoms in total. The Balaban J connectivity index is 1.86. The Bertz CT molecular complexity index is 498. The van der Waals surface area contributed by atoms with Crippen LogP contribution in [0.1, 0.15) is 52.0 Å². The Morgan fingerprint density at radius 3 is 2.26 bits per heavy atom. The average molecular weight is 324 g/mol. The lowest BCUT2D eigenvalue weighted by Gasteiger charge is -2.32. The first-order valence-corrected chi connectivity index (χ1v) is 7.60. The minimum absolute atomic E-state index is 0.318. The maximum Gasteiger partial charge on any atom is 0.514 e. The lowest BCUT2D eigenvalue weighted by atomic mass is 9.84. The molecule has 1 saturated heterocycles. The average Bonchev–Trinajstić information content (AvgIpc) is 3.07. The van der Waals surface area contributed by atoms with E-state index < -0.39 is 0 Å². The molecular formula is C14H19BBrNO2. The van der Waals surface area contributed by atoms with E-state index in [-0.39, 0.29) is 18.3 Å². The molecule has 2 heterocycles. The van der Waals surface area contributed by atoms with Crippen LogP contribution in [0.5, 0.6) is 0 Å². The molecule has 1 saturated carbocycles. The van der Waals surface area contributed by atoms with Crippen LogP contribution in [-0.4, -0.2) is 23.3 Å². The van der Waals surface area contributed by atoms with Gasteiger partial charge in [0.2, 0.25) is 0 Å². The largest absolute Gasteiger partial charge is 0.514 e. The molecule has 19 heavy (non-hydrogen) atoms. The van der Waals surface area contributed by atoms with Crippen molar-refractivity contribution in [1.82, 2.24) is 4.98 Å². The van der Waals surface area contributed by atoms with Gasteiger partial charge in [0.1, 0.15) is 0 Å². The van der Waals surface area contributed by atoms with Gasteiger partial charge in [0.25, 0.3) is 0 Å². The molecule has 0 N–H and O–H groups in total. The van der Waals surface area contributed by atoms with Gasteiger partial charge in [-0.1, -0.05) is 15.9 Å². The van der Waals surface area contributed by atoms with E-state index in [1.807, 2.05) is 12.3 Å². The summed E-state index contributed by atoms with van der Waals surface area (Å²) in [5.41, 5.74) is 1.51. The molecule has 2 aliphatic rings. The lowest BCUT2D eigenvalue weighted by Crippen LogP contribution is -2.41. The molecule has 1 aliphatic heterocycles. The van der Waals surface area contributed by atoms with Gasteiger partial charge in [-0.05, 0) is 58.1 Å². The molecule has 1 aromatic heterocycles. The quantitative estimate of drug-likeness (QED) is 0.784. The molecule has 1 aliphatic carbocycles. The van der Waals surface area contributed by atoms with E-state index in [0.717, 1.165) is 10.1 Å². The molecule has 3 rings (SSSR count). The van der Waals surface area contributed by atoms with E-state index in [1.54, 1.807) is 0 Å². The lowest BCUT2D eigenvalue weighted by molar-refractivity contribution is 0.00578. The Labute approximate surface area is 123 Å². The van der Waals surface area contributed by atoms with Gasteiger partial charge in [0.15, 0.2) is 0 Å². The summed E-state index contributed by atoms with van der Waals surface area (Å²) in [6, 6.07) is 2.04. The number of hydrogen-bond acceptors (Lipinski definition) is 3. The normalized spacial score (nSPS) is 24.8. The van der Waals surface area contributed by atoms with E-state index in [0.29, 0.717) is 5.92 Å². The zero-order valence-electron chi connectivity index (χ0n) is 11.9. The van der Waals surface area contributed by atoms with Gasteiger partial charge in [-0.3, -0.25) is 4.98 Å². The molecule has 0 unspecified atom stereocenters. The third kappa shape index (κ3) is 2.37. The second-order valence-electron chi connectivity index (χ2n) is 6.49. The molecule has 5 heteroatoms. The maximum absolute atomic E-state index is 6.02. The second kappa shape index (κ2) is 4.30. The molecule has 0 bridgehead atoms. The first-order valence-electron chi connectivity index (χ1n) is 6.81. The zero-order chi connectivity index (χ0) is 13.8. The highest BCUT2D eigenvalue weighted by Crippen LogP contribution is 2.43. The SMILES string of the molecule is CC1(C)OB(c2cc(Br)c(C3CC3)cn2)OC1(C)C.